The number of carbonyl (C=O) groups is 2. The maximum atomic E-state index is 10.7. The van der Waals surface area contributed by atoms with Gasteiger partial charge in [0.1, 0.15) is 0 Å². The highest BCUT2D eigenvalue weighted by Crippen LogP contribution is 2.21. The van der Waals surface area contributed by atoms with E-state index in [4.69, 9.17) is 10.2 Å². The molecule has 4 nitrogen and oxygen atoms in total. The monoisotopic (exact) mass is 258 g/mol. The number of aromatic carboxylic acids is 2. The van der Waals surface area contributed by atoms with E-state index in [1.165, 1.54) is 19.1 Å². The van der Waals surface area contributed by atoms with Crippen LogP contribution in [0.4, 0.5) is 0 Å². The molecule has 1 aromatic rings. The fraction of sp³-hybridized carbons (Fsp3) is 0.111. The van der Waals surface area contributed by atoms with Crippen LogP contribution in [-0.4, -0.2) is 22.2 Å². The lowest BCUT2D eigenvalue weighted by molar-refractivity contribution is 0.0696. The number of hydrogen-bond donors (Lipinski definition) is 2. The topological polar surface area (TPSA) is 74.6 Å². The molecule has 0 amide bonds. The molecule has 1 rings (SSSR count). The predicted octanol–water partition coefficient (Wildman–Crippen LogP) is 2.15. The molecule has 0 radical (unpaired) electrons. The number of halogens is 1. The van der Waals surface area contributed by atoms with Crippen LogP contribution in [0.25, 0.3) is 0 Å². The summed E-state index contributed by atoms with van der Waals surface area (Å²) in [5, 5.41) is 17.6. The van der Waals surface area contributed by atoms with Gasteiger partial charge >= 0.3 is 11.9 Å². The van der Waals surface area contributed by atoms with Gasteiger partial charge in [0.25, 0.3) is 0 Å². The molecule has 0 aliphatic rings. The number of rotatable bonds is 2. The summed E-state index contributed by atoms with van der Waals surface area (Å²) in [6.07, 6.45) is 0. The minimum absolute atomic E-state index is 0.00299. The van der Waals surface area contributed by atoms with Crippen LogP contribution in [0.15, 0.2) is 16.6 Å². The molecular weight excluding hydrogens is 252 g/mol. The van der Waals surface area contributed by atoms with E-state index in [9.17, 15) is 9.59 Å². The standard InChI is InChI=1S/C9H7BrO4/c1-4-6(8(11)12)2-5(10)3-7(4)9(13)14/h2-3H,1H3,(H,11,12)(H,13,14). The first-order chi connectivity index (χ1) is 6.43. The second-order valence-electron chi connectivity index (χ2n) is 2.74. The minimum atomic E-state index is -1.13. The first-order valence-corrected chi connectivity index (χ1v) is 4.49. The summed E-state index contributed by atoms with van der Waals surface area (Å²) in [5.41, 5.74) is 0.252. The Morgan fingerprint density at radius 3 is 1.79 bits per heavy atom. The van der Waals surface area contributed by atoms with Crippen LogP contribution in [0.3, 0.4) is 0 Å². The Hall–Kier alpha value is -1.36. The average Bonchev–Trinajstić information content (AvgIpc) is 2.07. The molecule has 0 atom stereocenters. The quantitative estimate of drug-likeness (QED) is 0.853. The maximum Gasteiger partial charge on any atom is 0.336 e. The smallest absolute Gasteiger partial charge is 0.336 e. The Labute approximate surface area is 88.3 Å². The highest BCUT2D eigenvalue weighted by atomic mass is 79.9. The first-order valence-electron chi connectivity index (χ1n) is 3.70. The maximum absolute atomic E-state index is 10.7. The molecule has 0 aromatic heterocycles. The van der Waals surface area contributed by atoms with E-state index in [0.29, 0.717) is 4.47 Å². The van der Waals surface area contributed by atoms with Gasteiger partial charge in [0.2, 0.25) is 0 Å². The molecule has 0 spiro atoms. The van der Waals surface area contributed by atoms with Crippen molar-refractivity contribution in [2.24, 2.45) is 0 Å². The SMILES string of the molecule is Cc1c(C(=O)O)cc(Br)cc1C(=O)O. The molecule has 0 fully saturated rings. The third kappa shape index (κ3) is 1.93. The van der Waals surface area contributed by atoms with Crippen LogP contribution in [0.5, 0.6) is 0 Å². The summed E-state index contributed by atoms with van der Waals surface area (Å²) < 4.78 is 0.443. The lowest BCUT2D eigenvalue weighted by Gasteiger charge is -2.05. The zero-order chi connectivity index (χ0) is 10.9. The Morgan fingerprint density at radius 1 is 1.14 bits per heavy atom. The van der Waals surface area contributed by atoms with Gasteiger partial charge in [-0.05, 0) is 24.6 Å². The Kier molecular flexibility index (Phi) is 2.90. The van der Waals surface area contributed by atoms with E-state index in [0.717, 1.165) is 0 Å². The predicted molar refractivity (Wildman–Crippen MR) is 52.8 cm³/mol. The Bertz CT molecular complexity index is 376. The summed E-state index contributed by atoms with van der Waals surface area (Å²) in [5.74, 6) is -2.27. The molecule has 0 aliphatic heterocycles. The van der Waals surface area contributed by atoms with Crippen LogP contribution >= 0.6 is 15.9 Å². The number of hydrogen-bond acceptors (Lipinski definition) is 2. The summed E-state index contributed by atoms with van der Waals surface area (Å²) in [6.45, 7) is 1.47. The third-order valence-electron chi connectivity index (χ3n) is 1.83. The molecule has 0 unspecified atom stereocenters. The van der Waals surface area contributed by atoms with Crippen molar-refractivity contribution >= 4 is 27.9 Å². The fourth-order valence-electron chi connectivity index (χ4n) is 1.12. The van der Waals surface area contributed by atoms with Gasteiger partial charge in [-0.3, -0.25) is 0 Å². The van der Waals surface area contributed by atoms with Gasteiger partial charge < -0.3 is 10.2 Å². The second kappa shape index (κ2) is 3.79. The zero-order valence-corrected chi connectivity index (χ0v) is 8.83. The normalized spacial score (nSPS) is 9.86. The molecular formula is C9H7BrO4. The van der Waals surface area contributed by atoms with Gasteiger partial charge in [-0.15, -0.1) is 0 Å². The molecule has 0 saturated carbocycles. The van der Waals surface area contributed by atoms with Crippen molar-refractivity contribution in [2.75, 3.05) is 0 Å². The number of carboxylic acids is 2. The lowest BCUT2D eigenvalue weighted by atomic mass is 10.0. The van der Waals surface area contributed by atoms with Crippen LogP contribution in [0.1, 0.15) is 26.3 Å². The van der Waals surface area contributed by atoms with Crippen LogP contribution in [-0.2, 0) is 0 Å². The van der Waals surface area contributed by atoms with Gasteiger partial charge in [-0.2, -0.15) is 0 Å². The van der Waals surface area contributed by atoms with E-state index in [1.807, 2.05) is 0 Å². The van der Waals surface area contributed by atoms with E-state index < -0.39 is 11.9 Å². The van der Waals surface area contributed by atoms with E-state index in [1.54, 1.807) is 0 Å². The molecule has 0 heterocycles. The van der Waals surface area contributed by atoms with Crippen molar-refractivity contribution in [3.05, 3.63) is 33.3 Å². The molecule has 1 aromatic carbocycles. The molecule has 2 N–H and O–H groups in total. The summed E-state index contributed by atoms with van der Waals surface area (Å²) in [7, 11) is 0. The molecule has 0 saturated heterocycles. The van der Waals surface area contributed by atoms with Crippen LogP contribution in [0, 0.1) is 6.92 Å². The van der Waals surface area contributed by atoms with Gasteiger partial charge in [0.05, 0.1) is 11.1 Å². The van der Waals surface area contributed by atoms with Crippen LogP contribution in [0.2, 0.25) is 0 Å². The number of carboxylic acid groups (broad SMARTS) is 2. The molecule has 0 bridgehead atoms. The Morgan fingerprint density at radius 2 is 1.50 bits per heavy atom. The zero-order valence-electron chi connectivity index (χ0n) is 7.24. The summed E-state index contributed by atoms with van der Waals surface area (Å²) >= 11 is 3.06. The van der Waals surface area contributed by atoms with Crippen molar-refractivity contribution in [3.63, 3.8) is 0 Å². The molecule has 5 heteroatoms. The molecule has 0 aliphatic carbocycles. The number of benzene rings is 1. The van der Waals surface area contributed by atoms with Crippen molar-refractivity contribution in [3.8, 4) is 0 Å². The minimum Gasteiger partial charge on any atom is -0.478 e. The highest BCUT2D eigenvalue weighted by Gasteiger charge is 2.15. The van der Waals surface area contributed by atoms with E-state index >= 15 is 0 Å². The summed E-state index contributed by atoms with van der Waals surface area (Å²) in [4.78, 5) is 21.5. The highest BCUT2D eigenvalue weighted by molar-refractivity contribution is 9.10. The van der Waals surface area contributed by atoms with Crippen molar-refractivity contribution in [2.45, 2.75) is 6.92 Å². The lowest BCUT2D eigenvalue weighted by Crippen LogP contribution is -2.07. The van der Waals surface area contributed by atoms with Gasteiger partial charge in [-0.1, -0.05) is 15.9 Å². The molecule has 14 heavy (non-hydrogen) atoms. The van der Waals surface area contributed by atoms with Gasteiger partial charge in [0.15, 0.2) is 0 Å². The van der Waals surface area contributed by atoms with E-state index in [-0.39, 0.29) is 16.7 Å². The fourth-order valence-corrected chi connectivity index (χ4v) is 1.58. The molecule has 74 valence electrons. The summed E-state index contributed by atoms with van der Waals surface area (Å²) in [6, 6.07) is 2.76. The Balaban J connectivity index is 3.47. The average molecular weight is 259 g/mol. The largest absolute Gasteiger partial charge is 0.478 e. The van der Waals surface area contributed by atoms with Crippen molar-refractivity contribution < 1.29 is 19.8 Å². The van der Waals surface area contributed by atoms with Gasteiger partial charge in [0, 0.05) is 4.47 Å². The van der Waals surface area contributed by atoms with Crippen molar-refractivity contribution in [1.29, 1.82) is 0 Å². The van der Waals surface area contributed by atoms with Crippen LogP contribution < -0.4 is 0 Å². The van der Waals surface area contributed by atoms with Gasteiger partial charge in [-0.25, -0.2) is 9.59 Å². The van der Waals surface area contributed by atoms with Crippen molar-refractivity contribution in [1.82, 2.24) is 0 Å². The third-order valence-corrected chi connectivity index (χ3v) is 2.29. The second-order valence-corrected chi connectivity index (χ2v) is 3.65. The van der Waals surface area contributed by atoms with E-state index in [2.05, 4.69) is 15.9 Å². The first kappa shape index (κ1) is 10.7.